The van der Waals surface area contributed by atoms with Crippen LogP contribution in [0.15, 0.2) is 75.7 Å². The van der Waals surface area contributed by atoms with Crippen LogP contribution in [-0.2, 0) is 11.5 Å². The highest BCUT2D eigenvalue weighted by Crippen LogP contribution is 2.26. The minimum Gasteiger partial charge on any atom is -0.455 e. The molecule has 4 nitrogen and oxygen atoms in total. The second-order valence-electron chi connectivity index (χ2n) is 6.04. The summed E-state index contributed by atoms with van der Waals surface area (Å²) in [6.45, 7) is 2.11. The maximum Gasteiger partial charge on any atom is 0.293 e. The van der Waals surface area contributed by atoms with E-state index in [0.29, 0.717) is 17.5 Å². The zero-order chi connectivity index (χ0) is 17.8. The average Bonchev–Trinajstić information content (AvgIpc) is 3.32. The lowest BCUT2D eigenvalue weighted by atomic mass is 10.2. The molecule has 0 unspecified atom stereocenters. The maximum atomic E-state index is 5.86. The zero-order valence-electron chi connectivity index (χ0n) is 14.4. The van der Waals surface area contributed by atoms with E-state index in [9.17, 15) is 0 Å². The van der Waals surface area contributed by atoms with E-state index in [1.807, 2.05) is 54.2 Å². The molecule has 0 aliphatic heterocycles. The smallest absolute Gasteiger partial charge is 0.293 e. The summed E-state index contributed by atoms with van der Waals surface area (Å²) in [5, 5.41) is 4.03. The Labute approximate surface area is 156 Å². The SMILES string of the molecule is Cc1cccc(CSCc2ccc(-c3nc(-c4ccccc4)no3)o2)c1. The molecule has 2 aromatic heterocycles. The van der Waals surface area contributed by atoms with Crippen molar-refractivity contribution in [3.63, 3.8) is 0 Å². The number of thioether (sulfide) groups is 1. The molecule has 2 aromatic carbocycles. The number of benzene rings is 2. The highest BCUT2D eigenvalue weighted by molar-refractivity contribution is 7.97. The first-order chi connectivity index (χ1) is 12.8. The van der Waals surface area contributed by atoms with E-state index in [2.05, 4.69) is 41.3 Å². The largest absolute Gasteiger partial charge is 0.455 e. The second kappa shape index (κ2) is 7.62. The molecule has 0 radical (unpaired) electrons. The highest BCUT2D eigenvalue weighted by Gasteiger charge is 2.14. The van der Waals surface area contributed by atoms with E-state index in [0.717, 1.165) is 22.8 Å². The topological polar surface area (TPSA) is 52.1 Å². The molecule has 2 heterocycles. The third kappa shape index (κ3) is 3.89. The Morgan fingerprint density at radius 1 is 0.923 bits per heavy atom. The van der Waals surface area contributed by atoms with Crippen molar-refractivity contribution in [3.8, 4) is 23.0 Å². The fourth-order valence-electron chi connectivity index (χ4n) is 2.67. The van der Waals surface area contributed by atoms with Gasteiger partial charge >= 0.3 is 0 Å². The number of hydrogen-bond acceptors (Lipinski definition) is 5. The molecule has 0 amide bonds. The molecule has 130 valence electrons. The minimum absolute atomic E-state index is 0.402. The summed E-state index contributed by atoms with van der Waals surface area (Å²) in [4.78, 5) is 4.42. The van der Waals surface area contributed by atoms with Gasteiger partial charge in [-0.05, 0) is 24.6 Å². The lowest BCUT2D eigenvalue weighted by Gasteiger charge is -2.01. The zero-order valence-corrected chi connectivity index (χ0v) is 15.2. The molecule has 0 N–H and O–H groups in total. The van der Waals surface area contributed by atoms with Crippen molar-refractivity contribution in [2.24, 2.45) is 0 Å². The van der Waals surface area contributed by atoms with Gasteiger partial charge in [0.25, 0.3) is 5.89 Å². The predicted molar refractivity (Wildman–Crippen MR) is 104 cm³/mol. The Hall–Kier alpha value is -2.79. The summed E-state index contributed by atoms with van der Waals surface area (Å²) in [6.07, 6.45) is 0. The van der Waals surface area contributed by atoms with Gasteiger partial charge in [-0.15, -0.1) is 11.8 Å². The molecule has 26 heavy (non-hydrogen) atoms. The van der Waals surface area contributed by atoms with Crippen LogP contribution < -0.4 is 0 Å². The van der Waals surface area contributed by atoms with E-state index >= 15 is 0 Å². The Kier molecular flexibility index (Phi) is 4.88. The fraction of sp³-hybridized carbons (Fsp3) is 0.143. The van der Waals surface area contributed by atoms with Gasteiger partial charge < -0.3 is 8.94 Å². The van der Waals surface area contributed by atoms with Crippen LogP contribution in [0.2, 0.25) is 0 Å². The first-order valence-corrected chi connectivity index (χ1v) is 9.55. The number of hydrogen-bond donors (Lipinski definition) is 0. The third-order valence-corrected chi connectivity index (χ3v) is 4.95. The molecular weight excluding hydrogens is 344 g/mol. The number of aromatic nitrogens is 2. The molecule has 0 spiro atoms. The van der Waals surface area contributed by atoms with E-state index in [4.69, 9.17) is 8.94 Å². The van der Waals surface area contributed by atoms with Crippen LogP contribution in [0.25, 0.3) is 23.0 Å². The van der Waals surface area contributed by atoms with Crippen molar-refractivity contribution >= 4 is 11.8 Å². The molecular formula is C21H18N2O2S. The van der Waals surface area contributed by atoms with Crippen molar-refractivity contribution in [1.29, 1.82) is 0 Å². The summed E-state index contributed by atoms with van der Waals surface area (Å²) in [7, 11) is 0. The van der Waals surface area contributed by atoms with Crippen molar-refractivity contribution in [2.75, 3.05) is 0 Å². The van der Waals surface area contributed by atoms with Crippen molar-refractivity contribution in [2.45, 2.75) is 18.4 Å². The first kappa shape index (κ1) is 16.7. The van der Waals surface area contributed by atoms with Crippen LogP contribution in [0, 0.1) is 6.92 Å². The van der Waals surface area contributed by atoms with Crippen LogP contribution >= 0.6 is 11.8 Å². The highest BCUT2D eigenvalue weighted by atomic mass is 32.2. The Morgan fingerprint density at radius 3 is 2.65 bits per heavy atom. The maximum absolute atomic E-state index is 5.86. The summed E-state index contributed by atoms with van der Waals surface area (Å²) >= 11 is 1.82. The van der Waals surface area contributed by atoms with Gasteiger partial charge in [-0.2, -0.15) is 4.98 Å². The molecule has 0 saturated carbocycles. The molecule has 5 heteroatoms. The van der Waals surface area contributed by atoms with Crippen LogP contribution in [-0.4, -0.2) is 10.1 Å². The van der Waals surface area contributed by atoms with Gasteiger partial charge in [-0.25, -0.2) is 0 Å². The van der Waals surface area contributed by atoms with Crippen molar-refractivity contribution < 1.29 is 8.94 Å². The summed E-state index contributed by atoms with van der Waals surface area (Å²) in [5.74, 6) is 4.22. The second-order valence-corrected chi connectivity index (χ2v) is 7.02. The van der Waals surface area contributed by atoms with Crippen LogP contribution in [0.4, 0.5) is 0 Å². The van der Waals surface area contributed by atoms with Gasteiger partial charge in [0.2, 0.25) is 5.82 Å². The van der Waals surface area contributed by atoms with Gasteiger partial charge in [-0.3, -0.25) is 0 Å². The van der Waals surface area contributed by atoms with Crippen molar-refractivity contribution in [3.05, 3.63) is 83.6 Å². The van der Waals surface area contributed by atoms with Crippen LogP contribution in [0.5, 0.6) is 0 Å². The Morgan fingerprint density at radius 2 is 1.81 bits per heavy atom. The monoisotopic (exact) mass is 362 g/mol. The normalized spacial score (nSPS) is 11.0. The van der Waals surface area contributed by atoms with E-state index < -0.39 is 0 Å². The molecule has 0 atom stereocenters. The molecule has 0 bridgehead atoms. The van der Waals surface area contributed by atoms with E-state index in [1.165, 1.54) is 11.1 Å². The Bertz CT molecular complexity index is 992. The van der Waals surface area contributed by atoms with Gasteiger partial charge in [0, 0.05) is 11.3 Å². The molecule has 0 fully saturated rings. The van der Waals surface area contributed by atoms with Gasteiger partial charge in [-0.1, -0.05) is 65.3 Å². The predicted octanol–water partition coefficient (Wildman–Crippen LogP) is 5.74. The molecule has 0 saturated heterocycles. The van der Waals surface area contributed by atoms with E-state index in [-0.39, 0.29) is 0 Å². The number of rotatable bonds is 6. The quantitative estimate of drug-likeness (QED) is 0.438. The van der Waals surface area contributed by atoms with Crippen molar-refractivity contribution in [1.82, 2.24) is 10.1 Å². The average molecular weight is 362 g/mol. The van der Waals surface area contributed by atoms with Gasteiger partial charge in [0.1, 0.15) is 5.76 Å². The molecule has 4 aromatic rings. The summed E-state index contributed by atoms with van der Waals surface area (Å²) in [6, 6.07) is 22.2. The number of furan rings is 1. The number of nitrogens with zero attached hydrogens (tertiary/aromatic N) is 2. The summed E-state index contributed by atoms with van der Waals surface area (Å²) < 4.78 is 11.2. The van der Waals surface area contributed by atoms with Gasteiger partial charge in [0.15, 0.2) is 5.76 Å². The standard InChI is InChI=1S/C21H18N2O2S/c1-15-6-5-7-16(12-15)13-26-14-18-10-11-19(24-18)21-22-20(23-25-21)17-8-3-2-4-9-17/h2-12H,13-14H2,1H3. The fourth-order valence-corrected chi connectivity index (χ4v) is 3.54. The third-order valence-electron chi connectivity index (χ3n) is 3.93. The first-order valence-electron chi connectivity index (χ1n) is 8.39. The van der Waals surface area contributed by atoms with Crippen LogP contribution in [0.1, 0.15) is 16.9 Å². The molecule has 0 aliphatic rings. The van der Waals surface area contributed by atoms with Crippen LogP contribution in [0.3, 0.4) is 0 Å². The lowest BCUT2D eigenvalue weighted by molar-refractivity contribution is 0.413. The van der Waals surface area contributed by atoms with E-state index in [1.54, 1.807) is 0 Å². The Balaban J connectivity index is 1.39. The molecule has 0 aliphatic carbocycles. The number of aryl methyl sites for hydroxylation is 1. The molecule has 4 rings (SSSR count). The minimum atomic E-state index is 0.402. The van der Waals surface area contributed by atoms with Gasteiger partial charge in [0.05, 0.1) is 5.75 Å². The lowest BCUT2D eigenvalue weighted by Crippen LogP contribution is -1.83. The summed E-state index contributed by atoms with van der Waals surface area (Å²) in [5.41, 5.74) is 3.53.